The van der Waals surface area contributed by atoms with E-state index in [1.165, 1.54) is 56.8 Å². The van der Waals surface area contributed by atoms with Crippen molar-refractivity contribution in [2.75, 3.05) is 6.61 Å². The fourth-order valence-corrected chi connectivity index (χ4v) is 6.16. The summed E-state index contributed by atoms with van der Waals surface area (Å²) in [6, 6.07) is 21.2. The Morgan fingerprint density at radius 3 is 1.84 bits per heavy atom. The maximum Gasteiger partial charge on any atom is 0.320 e. The second kappa shape index (κ2) is 13.3. The smallest absolute Gasteiger partial charge is 0.320 e. The molecule has 0 fully saturated rings. The Morgan fingerprint density at radius 1 is 0.591 bits per heavy atom. The summed E-state index contributed by atoms with van der Waals surface area (Å²) >= 11 is 0. The molecule has 0 aliphatic carbocycles. The number of nitrogens with zero attached hydrogens (tertiary/aromatic N) is 3. The van der Waals surface area contributed by atoms with Crippen molar-refractivity contribution in [3.63, 3.8) is 0 Å². The number of rotatable bonds is 14. The van der Waals surface area contributed by atoms with E-state index in [2.05, 4.69) is 60.4 Å². The van der Waals surface area contributed by atoms with Gasteiger partial charge in [0.25, 0.3) is 0 Å². The van der Waals surface area contributed by atoms with E-state index in [1.54, 1.807) is 0 Å². The predicted molar refractivity (Wildman–Crippen MR) is 177 cm³/mol. The zero-order valence-corrected chi connectivity index (χ0v) is 25.2. The number of hydrogen-bond acceptors (Lipinski definition) is 7. The van der Waals surface area contributed by atoms with E-state index in [-0.39, 0.29) is 34.6 Å². The number of benzene rings is 5. The molecule has 226 valence electrons. The van der Waals surface area contributed by atoms with Crippen molar-refractivity contribution in [2.45, 2.75) is 71.1 Å². The first-order valence-electron chi connectivity index (χ1n) is 15.8. The lowest BCUT2D eigenvalue weighted by molar-refractivity contribution is 0.281. The van der Waals surface area contributed by atoms with Crippen LogP contribution in [0, 0.1) is 0 Å². The van der Waals surface area contributed by atoms with Crippen molar-refractivity contribution in [1.82, 2.24) is 15.0 Å². The van der Waals surface area contributed by atoms with Crippen molar-refractivity contribution < 1.29 is 20.1 Å². The molecular formula is C37H39N3O4. The Morgan fingerprint density at radius 2 is 1.16 bits per heavy atom. The standard InChI is InChI=1S/C37H39N3O4/c1-2-3-4-5-6-7-8-9-10-11-21-44-37-39-35(38-36(40-37)34-30(42)22-27(41)23-31(34)43)29-20-18-26-16-15-24-13-12-14-25-17-19-28(29)33(26)32(24)25/h12-20,22-23,41-43H,2-11,21H2,1H3. The van der Waals surface area contributed by atoms with Gasteiger partial charge in [0.1, 0.15) is 22.8 Å². The zero-order valence-electron chi connectivity index (χ0n) is 25.2. The molecular weight excluding hydrogens is 550 g/mol. The molecule has 0 unspecified atom stereocenters. The van der Waals surface area contributed by atoms with Gasteiger partial charge in [0.15, 0.2) is 11.6 Å². The van der Waals surface area contributed by atoms with Crippen LogP contribution in [0.25, 0.3) is 55.1 Å². The lowest BCUT2D eigenvalue weighted by Crippen LogP contribution is -2.05. The summed E-state index contributed by atoms with van der Waals surface area (Å²) in [4.78, 5) is 13.9. The van der Waals surface area contributed by atoms with Gasteiger partial charge >= 0.3 is 6.01 Å². The molecule has 0 spiro atoms. The average Bonchev–Trinajstić information content (AvgIpc) is 3.02. The van der Waals surface area contributed by atoms with Crippen LogP contribution in [-0.4, -0.2) is 36.9 Å². The minimum absolute atomic E-state index is 0.00736. The van der Waals surface area contributed by atoms with Crippen molar-refractivity contribution in [2.24, 2.45) is 0 Å². The zero-order chi connectivity index (χ0) is 30.5. The summed E-state index contributed by atoms with van der Waals surface area (Å²) in [5.74, 6) is -0.500. The molecule has 6 rings (SSSR count). The highest BCUT2D eigenvalue weighted by Gasteiger charge is 2.20. The summed E-state index contributed by atoms with van der Waals surface area (Å²) in [6.07, 6.45) is 12.2. The highest BCUT2D eigenvalue weighted by atomic mass is 16.5. The molecule has 7 nitrogen and oxygen atoms in total. The van der Waals surface area contributed by atoms with E-state index in [4.69, 9.17) is 14.7 Å². The van der Waals surface area contributed by atoms with Gasteiger partial charge in [-0.1, -0.05) is 113 Å². The van der Waals surface area contributed by atoms with Crippen LogP contribution >= 0.6 is 0 Å². The molecule has 6 aromatic rings. The Balaban J connectivity index is 1.29. The molecule has 0 saturated carbocycles. The van der Waals surface area contributed by atoms with E-state index in [9.17, 15) is 15.3 Å². The quantitative estimate of drug-likeness (QED) is 0.0857. The second-order valence-electron chi connectivity index (χ2n) is 11.6. The minimum Gasteiger partial charge on any atom is -0.508 e. The Hall–Kier alpha value is -4.65. The number of phenolic OH excluding ortho intramolecular Hbond substituents is 3. The first-order chi connectivity index (χ1) is 21.5. The summed E-state index contributed by atoms with van der Waals surface area (Å²) in [7, 11) is 0. The van der Waals surface area contributed by atoms with Gasteiger partial charge in [-0.25, -0.2) is 4.98 Å². The van der Waals surface area contributed by atoms with Crippen LogP contribution in [-0.2, 0) is 0 Å². The second-order valence-corrected chi connectivity index (χ2v) is 11.6. The molecule has 5 aromatic carbocycles. The monoisotopic (exact) mass is 589 g/mol. The van der Waals surface area contributed by atoms with E-state index >= 15 is 0 Å². The average molecular weight is 590 g/mol. The van der Waals surface area contributed by atoms with E-state index in [0.29, 0.717) is 12.4 Å². The van der Waals surface area contributed by atoms with Crippen LogP contribution in [0.5, 0.6) is 23.3 Å². The lowest BCUT2D eigenvalue weighted by atomic mass is 9.92. The summed E-state index contributed by atoms with van der Waals surface area (Å²) in [5, 5.41) is 37.9. The predicted octanol–water partition coefficient (Wildman–Crippen LogP) is 9.52. The molecule has 44 heavy (non-hydrogen) atoms. The topological polar surface area (TPSA) is 109 Å². The maximum atomic E-state index is 10.7. The normalized spacial score (nSPS) is 11.7. The van der Waals surface area contributed by atoms with Gasteiger partial charge < -0.3 is 20.1 Å². The van der Waals surface area contributed by atoms with Crippen molar-refractivity contribution in [1.29, 1.82) is 0 Å². The number of phenols is 3. The van der Waals surface area contributed by atoms with E-state index < -0.39 is 0 Å². The number of aromatic nitrogens is 3. The molecule has 1 heterocycles. The minimum atomic E-state index is -0.337. The third-order valence-electron chi connectivity index (χ3n) is 8.42. The van der Waals surface area contributed by atoms with Crippen molar-refractivity contribution in [3.05, 3.63) is 66.7 Å². The fraction of sp³-hybridized carbons (Fsp3) is 0.324. The molecule has 0 saturated heterocycles. The summed E-state index contributed by atoms with van der Waals surface area (Å²) in [6.45, 7) is 2.69. The van der Waals surface area contributed by atoms with Gasteiger partial charge in [0, 0.05) is 17.7 Å². The number of hydrogen-bond donors (Lipinski definition) is 3. The van der Waals surface area contributed by atoms with Crippen LogP contribution in [0.2, 0.25) is 0 Å². The van der Waals surface area contributed by atoms with Crippen LogP contribution in [0.4, 0.5) is 0 Å². The molecule has 0 radical (unpaired) electrons. The SMILES string of the molecule is CCCCCCCCCCCCOc1nc(-c2c(O)cc(O)cc2O)nc(-c2ccc3ccc4cccc5ccc2c3c45)n1. The number of ether oxygens (including phenoxy) is 1. The largest absolute Gasteiger partial charge is 0.508 e. The van der Waals surface area contributed by atoms with Gasteiger partial charge in [-0.2, -0.15) is 9.97 Å². The van der Waals surface area contributed by atoms with Crippen LogP contribution in [0.1, 0.15) is 71.1 Å². The Labute approximate surface area is 257 Å². The van der Waals surface area contributed by atoms with Gasteiger partial charge in [0.05, 0.1) is 6.61 Å². The molecule has 7 heteroatoms. The Bertz CT molecular complexity index is 1850. The van der Waals surface area contributed by atoms with Gasteiger partial charge in [-0.3, -0.25) is 0 Å². The van der Waals surface area contributed by atoms with Crippen LogP contribution in [0.15, 0.2) is 66.7 Å². The lowest BCUT2D eigenvalue weighted by Gasteiger charge is -2.15. The molecule has 3 N–H and O–H groups in total. The third-order valence-corrected chi connectivity index (χ3v) is 8.42. The first kappa shape index (κ1) is 29.4. The molecule has 0 amide bonds. The number of unbranched alkanes of at least 4 members (excludes halogenated alkanes) is 9. The maximum absolute atomic E-state index is 10.7. The highest BCUT2D eigenvalue weighted by Crippen LogP contribution is 2.41. The fourth-order valence-electron chi connectivity index (χ4n) is 6.16. The van der Waals surface area contributed by atoms with Crippen LogP contribution in [0.3, 0.4) is 0 Å². The molecule has 0 aliphatic heterocycles. The van der Waals surface area contributed by atoms with Crippen LogP contribution < -0.4 is 4.74 Å². The first-order valence-corrected chi connectivity index (χ1v) is 15.8. The van der Waals surface area contributed by atoms with Gasteiger partial charge in [0.2, 0.25) is 0 Å². The van der Waals surface area contributed by atoms with Crippen molar-refractivity contribution >= 4 is 32.3 Å². The van der Waals surface area contributed by atoms with Gasteiger partial charge in [-0.15, -0.1) is 0 Å². The summed E-state index contributed by atoms with van der Waals surface area (Å²) < 4.78 is 6.06. The number of aromatic hydroxyl groups is 3. The third kappa shape index (κ3) is 6.18. The van der Waals surface area contributed by atoms with E-state index in [1.807, 2.05) is 6.07 Å². The highest BCUT2D eigenvalue weighted by molar-refractivity contribution is 6.25. The Kier molecular flexibility index (Phi) is 8.91. The molecule has 0 bridgehead atoms. The van der Waals surface area contributed by atoms with Crippen molar-refractivity contribution in [3.8, 4) is 46.0 Å². The molecule has 0 aliphatic rings. The van der Waals surface area contributed by atoms with E-state index in [0.717, 1.165) is 57.5 Å². The van der Waals surface area contributed by atoms with Gasteiger partial charge in [-0.05, 0) is 44.8 Å². The molecule has 1 aromatic heterocycles. The molecule has 0 atom stereocenters. The summed E-state index contributed by atoms with van der Waals surface area (Å²) in [5.41, 5.74) is 0.800.